The summed E-state index contributed by atoms with van der Waals surface area (Å²) in [5, 5.41) is 9.59. The molecule has 0 aliphatic rings. The summed E-state index contributed by atoms with van der Waals surface area (Å²) in [6.45, 7) is 0.243. The molecule has 0 amide bonds. The van der Waals surface area contributed by atoms with E-state index in [9.17, 15) is 4.79 Å². The maximum atomic E-state index is 11.0. The molecule has 18 heavy (non-hydrogen) atoms. The number of aromatic carboxylic acids is 1. The molecule has 0 aliphatic heterocycles. The summed E-state index contributed by atoms with van der Waals surface area (Å²) in [6, 6.07) is 8.58. The molecule has 0 bridgehead atoms. The molecule has 0 fully saturated rings. The number of hydrogen-bond acceptors (Lipinski definition) is 3. The Kier molecular flexibility index (Phi) is 3.79. The second-order valence-electron chi connectivity index (χ2n) is 3.60. The summed E-state index contributed by atoms with van der Waals surface area (Å²) < 4.78 is 5.44. The molecule has 0 unspecified atom stereocenters. The molecule has 2 rings (SSSR count). The third kappa shape index (κ3) is 2.99. The number of carbonyl (C=O) groups is 1. The third-order valence-electron chi connectivity index (χ3n) is 2.30. The molecule has 0 aliphatic carbocycles. The van der Waals surface area contributed by atoms with Gasteiger partial charge in [-0.1, -0.05) is 23.7 Å². The van der Waals surface area contributed by atoms with Gasteiger partial charge in [-0.05, 0) is 23.8 Å². The van der Waals surface area contributed by atoms with Gasteiger partial charge in [0, 0.05) is 11.2 Å². The number of benzene rings is 1. The first-order valence-electron chi connectivity index (χ1n) is 5.21. The van der Waals surface area contributed by atoms with Gasteiger partial charge >= 0.3 is 5.97 Å². The lowest BCUT2D eigenvalue weighted by atomic mass is 10.2. The molecule has 2 aromatic rings. The fourth-order valence-corrected chi connectivity index (χ4v) is 1.67. The van der Waals surface area contributed by atoms with E-state index in [1.54, 1.807) is 12.1 Å². The molecule has 0 spiro atoms. The molecule has 5 heteroatoms. The number of rotatable bonds is 4. The number of hydrogen-bond donors (Lipinski definition) is 1. The van der Waals surface area contributed by atoms with E-state index < -0.39 is 5.97 Å². The summed E-state index contributed by atoms with van der Waals surface area (Å²) in [5.41, 5.74) is 0.953. The normalized spacial score (nSPS) is 10.1. The van der Waals surface area contributed by atoms with Crippen molar-refractivity contribution in [3.63, 3.8) is 0 Å². The molecule has 0 atom stereocenters. The molecular weight excluding hydrogens is 254 g/mol. The van der Waals surface area contributed by atoms with Crippen LogP contribution in [0, 0.1) is 0 Å². The first kappa shape index (κ1) is 12.4. The molecule has 4 nitrogen and oxygen atoms in total. The van der Waals surface area contributed by atoms with Crippen LogP contribution in [0.25, 0.3) is 0 Å². The highest BCUT2D eigenvalue weighted by atomic mass is 35.5. The SMILES string of the molecule is O=C(O)c1ccncc1OCc1cccc(Cl)c1. The van der Waals surface area contributed by atoms with Crippen LogP contribution in [0.1, 0.15) is 15.9 Å². The minimum absolute atomic E-state index is 0.0898. The van der Waals surface area contributed by atoms with Gasteiger partial charge < -0.3 is 9.84 Å². The number of halogens is 1. The van der Waals surface area contributed by atoms with Gasteiger partial charge in [-0.2, -0.15) is 0 Å². The van der Waals surface area contributed by atoms with Gasteiger partial charge in [0.25, 0.3) is 0 Å². The number of aromatic nitrogens is 1. The third-order valence-corrected chi connectivity index (χ3v) is 2.53. The van der Waals surface area contributed by atoms with E-state index in [4.69, 9.17) is 21.4 Å². The molecule has 0 saturated heterocycles. The molecule has 0 saturated carbocycles. The fourth-order valence-electron chi connectivity index (χ4n) is 1.46. The average molecular weight is 264 g/mol. The fraction of sp³-hybridized carbons (Fsp3) is 0.0769. The van der Waals surface area contributed by atoms with E-state index in [1.165, 1.54) is 18.5 Å². The van der Waals surface area contributed by atoms with Gasteiger partial charge in [-0.25, -0.2) is 4.79 Å². The Morgan fingerprint density at radius 1 is 1.39 bits per heavy atom. The van der Waals surface area contributed by atoms with E-state index in [0.29, 0.717) is 5.02 Å². The molecule has 0 radical (unpaired) electrons. The van der Waals surface area contributed by atoms with Gasteiger partial charge in [0.2, 0.25) is 0 Å². The smallest absolute Gasteiger partial charge is 0.339 e. The average Bonchev–Trinajstić information content (AvgIpc) is 2.37. The van der Waals surface area contributed by atoms with Crippen molar-refractivity contribution in [3.8, 4) is 5.75 Å². The largest absolute Gasteiger partial charge is 0.486 e. The van der Waals surface area contributed by atoms with Crippen LogP contribution >= 0.6 is 11.6 Å². The Morgan fingerprint density at radius 2 is 2.22 bits per heavy atom. The van der Waals surface area contributed by atoms with Crippen molar-refractivity contribution in [1.82, 2.24) is 4.98 Å². The van der Waals surface area contributed by atoms with Crippen molar-refractivity contribution >= 4 is 17.6 Å². The van der Waals surface area contributed by atoms with Crippen LogP contribution in [0.15, 0.2) is 42.7 Å². The van der Waals surface area contributed by atoms with Crippen LogP contribution in [0.4, 0.5) is 0 Å². The minimum atomic E-state index is -1.04. The highest BCUT2D eigenvalue weighted by molar-refractivity contribution is 6.30. The molecule has 1 heterocycles. The van der Waals surface area contributed by atoms with Gasteiger partial charge in [0.1, 0.15) is 12.2 Å². The van der Waals surface area contributed by atoms with Crippen LogP contribution < -0.4 is 4.74 Å². The highest BCUT2D eigenvalue weighted by Crippen LogP contribution is 2.19. The zero-order valence-corrected chi connectivity index (χ0v) is 10.1. The van der Waals surface area contributed by atoms with E-state index >= 15 is 0 Å². The van der Waals surface area contributed by atoms with Crippen molar-refractivity contribution < 1.29 is 14.6 Å². The Bertz CT molecular complexity index is 572. The lowest BCUT2D eigenvalue weighted by molar-refractivity contribution is 0.0691. The monoisotopic (exact) mass is 263 g/mol. The molecule has 1 N–H and O–H groups in total. The van der Waals surface area contributed by atoms with E-state index in [-0.39, 0.29) is 17.9 Å². The Balaban J connectivity index is 2.13. The van der Waals surface area contributed by atoms with Gasteiger partial charge in [-0.3, -0.25) is 4.98 Å². The van der Waals surface area contributed by atoms with Gasteiger partial charge in [-0.15, -0.1) is 0 Å². The summed E-state index contributed by atoms with van der Waals surface area (Å²) in [6.07, 6.45) is 2.80. The molecule has 1 aromatic heterocycles. The first-order chi connectivity index (χ1) is 8.66. The molecule has 1 aromatic carbocycles. The standard InChI is InChI=1S/C13H10ClNO3/c14-10-3-1-2-9(6-10)8-18-12-7-15-5-4-11(12)13(16)17/h1-7H,8H2,(H,16,17). The number of ether oxygens (including phenoxy) is 1. The van der Waals surface area contributed by atoms with Gasteiger partial charge in [0.05, 0.1) is 6.20 Å². The van der Waals surface area contributed by atoms with Crippen molar-refractivity contribution in [1.29, 1.82) is 0 Å². The van der Waals surface area contributed by atoms with Crippen LogP contribution in [0.3, 0.4) is 0 Å². The van der Waals surface area contributed by atoms with Crippen LogP contribution in [0.2, 0.25) is 5.02 Å². The number of pyridine rings is 1. The maximum absolute atomic E-state index is 11.0. The van der Waals surface area contributed by atoms with E-state index in [0.717, 1.165) is 5.56 Å². The number of carboxylic acid groups (broad SMARTS) is 1. The lowest BCUT2D eigenvalue weighted by Crippen LogP contribution is -2.03. The Morgan fingerprint density at radius 3 is 2.94 bits per heavy atom. The highest BCUT2D eigenvalue weighted by Gasteiger charge is 2.10. The Labute approximate surface area is 109 Å². The number of nitrogens with zero attached hydrogens (tertiary/aromatic N) is 1. The van der Waals surface area contributed by atoms with Crippen molar-refractivity contribution in [3.05, 3.63) is 58.9 Å². The van der Waals surface area contributed by atoms with E-state index in [2.05, 4.69) is 4.98 Å². The van der Waals surface area contributed by atoms with Crippen LogP contribution in [0.5, 0.6) is 5.75 Å². The summed E-state index contributed by atoms with van der Waals surface area (Å²) in [5.74, 6) is -0.802. The predicted octanol–water partition coefficient (Wildman–Crippen LogP) is 3.01. The molecule has 92 valence electrons. The topological polar surface area (TPSA) is 59.4 Å². The zero-order valence-electron chi connectivity index (χ0n) is 9.34. The lowest BCUT2D eigenvalue weighted by Gasteiger charge is -2.08. The van der Waals surface area contributed by atoms with Crippen LogP contribution in [-0.2, 0) is 6.61 Å². The predicted molar refractivity (Wildman–Crippen MR) is 67.0 cm³/mol. The van der Waals surface area contributed by atoms with Crippen molar-refractivity contribution in [2.45, 2.75) is 6.61 Å². The summed E-state index contributed by atoms with van der Waals surface area (Å²) in [7, 11) is 0. The first-order valence-corrected chi connectivity index (χ1v) is 5.59. The quantitative estimate of drug-likeness (QED) is 0.921. The minimum Gasteiger partial charge on any atom is -0.486 e. The van der Waals surface area contributed by atoms with E-state index in [1.807, 2.05) is 12.1 Å². The Hall–Kier alpha value is -2.07. The van der Waals surface area contributed by atoms with Gasteiger partial charge in [0.15, 0.2) is 5.75 Å². The van der Waals surface area contributed by atoms with Crippen LogP contribution in [-0.4, -0.2) is 16.1 Å². The second kappa shape index (κ2) is 5.51. The number of carboxylic acids is 1. The maximum Gasteiger partial charge on any atom is 0.339 e. The van der Waals surface area contributed by atoms with Crippen molar-refractivity contribution in [2.75, 3.05) is 0 Å². The summed E-state index contributed by atoms with van der Waals surface area (Å²) >= 11 is 5.85. The second-order valence-corrected chi connectivity index (χ2v) is 4.03. The molecular formula is C13H10ClNO3. The summed E-state index contributed by atoms with van der Waals surface area (Å²) in [4.78, 5) is 14.8. The van der Waals surface area contributed by atoms with Crippen molar-refractivity contribution in [2.24, 2.45) is 0 Å². The zero-order chi connectivity index (χ0) is 13.0.